The van der Waals surface area contributed by atoms with Crippen LogP contribution in [0.1, 0.15) is 28.2 Å². The van der Waals surface area contributed by atoms with Crippen molar-refractivity contribution in [1.29, 1.82) is 5.26 Å². The zero-order valence-corrected chi connectivity index (χ0v) is 18.0. The van der Waals surface area contributed by atoms with Gasteiger partial charge in [-0.25, -0.2) is 0 Å². The van der Waals surface area contributed by atoms with Crippen LogP contribution in [-0.4, -0.2) is 17.3 Å². The Morgan fingerprint density at radius 1 is 1.23 bits per heavy atom. The Morgan fingerprint density at radius 3 is 2.67 bits per heavy atom. The normalized spacial score (nSPS) is 15.4. The van der Waals surface area contributed by atoms with Crippen LogP contribution in [0, 0.1) is 25.2 Å². The Labute approximate surface area is 183 Å². The molecule has 1 aromatic heterocycles. The molecule has 152 valence electrons. The molecule has 0 unspecified atom stereocenters. The standard InChI is InChI=1S/C22H18Cl2N4O2/c1-10-4-5-13(11(2)6-10)19-18-17(14-7-12(23)8-16(24)20(14)29-3)15(9-25)21(26)30-22(18)28-27-19/h4-8,17H,26H2,1-3H3,(H,27,28)/t17-/m1/s1. The van der Waals surface area contributed by atoms with Gasteiger partial charge in [0, 0.05) is 16.1 Å². The molecule has 1 atom stereocenters. The third-order valence-electron chi connectivity index (χ3n) is 5.14. The largest absolute Gasteiger partial charge is 0.495 e. The first kappa shape index (κ1) is 20.1. The van der Waals surface area contributed by atoms with E-state index in [9.17, 15) is 5.26 Å². The SMILES string of the molecule is COc1c(Cl)cc(Cl)cc1[C@@H]1C(C#N)=C(N)Oc2n[nH]c(-c3ccc(C)cc3C)c21. The van der Waals surface area contributed by atoms with Crippen LogP contribution in [0.3, 0.4) is 0 Å². The average molecular weight is 441 g/mol. The number of rotatable bonds is 3. The van der Waals surface area contributed by atoms with Crippen molar-refractivity contribution >= 4 is 23.2 Å². The molecule has 1 aliphatic heterocycles. The number of fused-ring (bicyclic) bond motifs is 1. The summed E-state index contributed by atoms with van der Waals surface area (Å²) in [6.07, 6.45) is 0. The van der Waals surface area contributed by atoms with E-state index in [1.165, 1.54) is 7.11 Å². The van der Waals surface area contributed by atoms with Crippen LogP contribution in [0.5, 0.6) is 11.6 Å². The molecule has 1 aliphatic rings. The van der Waals surface area contributed by atoms with Crippen molar-refractivity contribution in [2.75, 3.05) is 7.11 Å². The van der Waals surface area contributed by atoms with Gasteiger partial charge in [0.25, 0.3) is 0 Å². The molecule has 0 radical (unpaired) electrons. The summed E-state index contributed by atoms with van der Waals surface area (Å²) in [7, 11) is 1.51. The molecule has 0 spiro atoms. The molecule has 0 saturated heterocycles. The van der Waals surface area contributed by atoms with Crippen LogP contribution in [-0.2, 0) is 0 Å². The lowest BCUT2D eigenvalue weighted by atomic mass is 9.82. The van der Waals surface area contributed by atoms with E-state index in [2.05, 4.69) is 22.3 Å². The zero-order valence-electron chi connectivity index (χ0n) is 16.5. The van der Waals surface area contributed by atoms with E-state index in [1.54, 1.807) is 12.1 Å². The lowest BCUT2D eigenvalue weighted by Gasteiger charge is -2.26. The number of allylic oxidation sites excluding steroid dienone is 1. The van der Waals surface area contributed by atoms with Gasteiger partial charge >= 0.3 is 0 Å². The third-order valence-corrected chi connectivity index (χ3v) is 5.64. The van der Waals surface area contributed by atoms with Crippen molar-refractivity contribution in [3.8, 4) is 29.0 Å². The summed E-state index contributed by atoms with van der Waals surface area (Å²) in [5, 5.41) is 18.0. The second kappa shape index (κ2) is 7.60. The number of nitrogens with zero attached hydrogens (tertiary/aromatic N) is 2. The Morgan fingerprint density at radius 2 is 2.00 bits per heavy atom. The van der Waals surface area contributed by atoms with Crippen LogP contribution in [0.4, 0.5) is 0 Å². The van der Waals surface area contributed by atoms with E-state index in [1.807, 2.05) is 26.0 Å². The number of ether oxygens (including phenoxy) is 2. The summed E-state index contributed by atoms with van der Waals surface area (Å²) in [6, 6.07) is 11.6. The number of benzene rings is 2. The number of methoxy groups -OCH3 is 1. The maximum absolute atomic E-state index is 9.91. The molecule has 2 heterocycles. The summed E-state index contributed by atoms with van der Waals surface area (Å²) < 4.78 is 11.2. The summed E-state index contributed by atoms with van der Waals surface area (Å²) in [6.45, 7) is 4.04. The van der Waals surface area contributed by atoms with Gasteiger partial charge in [0.1, 0.15) is 17.4 Å². The Kier molecular flexibility index (Phi) is 5.10. The predicted molar refractivity (Wildman–Crippen MR) is 116 cm³/mol. The number of aromatic nitrogens is 2. The highest BCUT2D eigenvalue weighted by Gasteiger charge is 2.38. The van der Waals surface area contributed by atoms with Crippen molar-refractivity contribution < 1.29 is 9.47 Å². The smallest absolute Gasteiger partial charge is 0.244 e. The van der Waals surface area contributed by atoms with Gasteiger partial charge in [-0.05, 0) is 31.5 Å². The monoisotopic (exact) mass is 440 g/mol. The first-order chi connectivity index (χ1) is 14.3. The summed E-state index contributed by atoms with van der Waals surface area (Å²) in [5.41, 5.74) is 11.4. The fraction of sp³-hybridized carbons (Fsp3) is 0.182. The molecule has 4 rings (SSSR count). The minimum atomic E-state index is -0.626. The van der Waals surface area contributed by atoms with E-state index in [-0.39, 0.29) is 11.5 Å². The minimum absolute atomic E-state index is 0.0215. The van der Waals surface area contributed by atoms with Crippen molar-refractivity contribution in [2.45, 2.75) is 19.8 Å². The topological polar surface area (TPSA) is 96.9 Å². The van der Waals surface area contributed by atoms with Gasteiger partial charge in [0.2, 0.25) is 11.8 Å². The molecular weight excluding hydrogens is 423 g/mol. The van der Waals surface area contributed by atoms with Gasteiger partial charge in [0.05, 0.1) is 29.3 Å². The highest BCUT2D eigenvalue weighted by Crippen LogP contribution is 2.50. The minimum Gasteiger partial charge on any atom is -0.495 e. The highest BCUT2D eigenvalue weighted by atomic mass is 35.5. The molecule has 8 heteroatoms. The van der Waals surface area contributed by atoms with Crippen molar-refractivity contribution in [3.63, 3.8) is 0 Å². The third kappa shape index (κ3) is 3.17. The summed E-state index contributed by atoms with van der Waals surface area (Å²) in [5.74, 6) is 0.0584. The second-order valence-corrected chi connectivity index (χ2v) is 7.91. The van der Waals surface area contributed by atoms with Crippen LogP contribution >= 0.6 is 23.2 Å². The predicted octanol–water partition coefficient (Wildman–Crippen LogP) is 5.23. The molecule has 6 nitrogen and oxygen atoms in total. The van der Waals surface area contributed by atoms with Crippen LogP contribution in [0.25, 0.3) is 11.3 Å². The molecule has 0 fully saturated rings. The number of hydrogen-bond donors (Lipinski definition) is 2. The van der Waals surface area contributed by atoms with Gasteiger partial charge in [-0.3, -0.25) is 5.10 Å². The van der Waals surface area contributed by atoms with Gasteiger partial charge in [0.15, 0.2) is 0 Å². The zero-order chi connectivity index (χ0) is 21.6. The maximum atomic E-state index is 9.91. The lowest BCUT2D eigenvalue weighted by molar-refractivity contribution is 0.375. The fourth-order valence-corrected chi connectivity index (χ4v) is 4.45. The molecule has 0 saturated carbocycles. The number of halogens is 2. The first-order valence-corrected chi connectivity index (χ1v) is 9.87. The number of nitriles is 1. The van der Waals surface area contributed by atoms with Crippen molar-refractivity contribution in [1.82, 2.24) is 10.2 Å². The van der Waals surface area contributed by atoms with Gasteiger partial charge in [-0.1, -0.05) is 47.0 Å². The molecule has 3 N–H and O–H groups in total. The number of nitrogens with one attached hydrogen (secondary N) is 1. The van der Waals surface area contributed by atoms with Crippen molar-refractivity contribution in [3.05, 3.63) is 74.1 Å². The van der Waals surface area contributed by atoms with Crippen LogP contribution in [0.15, 0.2) is 41.8 Å². The average Bonchev–Trinajstić information content (AvgIpc) is 3.09. The number of aryl methyl sites for hydroxylation is 2. The Balaban J connectivity index is 2.04. The van der Waals surface area contributed by atoms with E-state index < -0.39 is 5.92 Å². The summed E-state index contributed by atoms with van der Waals surface area (Å²) in [4.78, 5) is 0. The van der Waals surface area contributed by atoms with Crippen LogP contribution in [0.2, 0.25) is 10.0 Å². The number of nitrogens with two attached hydrogens (primary N) is 1. The summed E-state index contributed by atoms with van der Waals surface area (Å²) >= 11 is 12.7. The first-order valence-electron chi connectivity index (χ1n) is 9.12. The Bertz CT molecular complexity index is 1240. The molecule has 0 aliphatic carbocycles. The van der Waals surface area contributed by atoms with E-state index in [4.69, 9.17) is 38.4 Å². The lowest BCUT2D eigenvalue weighted by Crippen LogP contribution is -2.21. The number of aromatic amines is 1. The molecule has 30 heavy (non-hydrogen) atoms. The molecule has 3 aromatic rings. The quantitative estimate of drug-likeness (QED) is 0.580. The van der Waals surface area contributed by atoms with E-state index >= 15 is 0 Å². The maximum Gasteiger partial charge on any atom is 0.244 e. The Hall–Kier alpha value is -3.14. The number of H-pyrrole nitrogens is 1. The number of hydrogen-bond acceptors (Lipinski definition) is 5. The fourth-order valence-electron chi connectivity index (χ4n) is 3.87. The van der Waals surface area contributed by atoms with E-state index in [0.717, 1.165) is 22.4 Å². The molecule has 0 bridgehead atoms. The molecular formula is C22H18Cl2N4O2. The van der Waals surface area contributed by atoms with Gasteiger partial charge in [-0.15, -0.1) is 5.10 Å². The molecule has 0 amide bonds. The van der Waals surface area contributed by atoms with Gasteiger partial charge < -0.3 is 15.2 Å². The second-order valence-electron chi connectivity index (χ2n) is 7.07. The van der Waals surface area contributed by atoms with E-state index in [0.29, 0.717) is 32.8 Å². The highest BCUT2D eigenvalue weighted by molar-refractivity contribution is 6.35. The van der Waals surface area contributed by atoms with Crippen LogP contribution < -0.4 is 15.2 Å². The molecule has 2 aromatic carbocycles. The van der Waals surface area contributed by atoms with Crippen molar-refractivity contribution in [2.24, 2.45) is 5.73 Å². The van der Waals surface area contributed by atoms with Gasteiger partial charge in [-0.2, -0.15) is 5.26 Å².